The molecular weight excluding hydrogens is 423 g/mol. The lowest BCUT2D eigenvalue weighted by molar-refractivity contribution is 0.628. The fourth-order valence-corrected chi connectivity index (χ4v) is 4.45. The molecule has 0 radical (unpaired) electrons. The summed E-state index contributed by atoms with van der Waals surface area (Å²) in [4.78, 5) is 20.0. The molecule has 1 aliphatic heterocycles. The van der Waals surface area contributed by atoms with Crippen molar-refractivity contribution in [1.29, 1.82) is 0 Å². The maximum absolute atomic E-state index is 13.1. The molecule has 1 N–H and O–H groups in total. The van der Waals surface area contributed by atoms with Crippen LogP contribution in [0.3, 0.4) is 0 Å². The van der Waals surface area contributed by atoms with Crippen LogP contribution in [0.25, 0.3) is 34.0 Å². The highest BCUT2D eigenvalue weighted by atomic mass is 32.2. The predicted octanol–water partition coefficient (Wildman–Crippen LogP) is 5.33. The number of hydrogen-bond donors (Lipinski definition) is 1. The molecule has 0 saturated carbocycles. The van der Waals surface area contributed by atoms with E-state index in [1.165, 1.54) is 12.1 Å². The summed E-state index contributed by atoms with van der Waals surface area (Å²) in [6, 6.07) is 16.2. The van der Waals surface area contributed by atoms with Crippen molar-refractivity contribution in [3.05, 3.63) is 91.4 Å². The monoisotopic (exact) mass is 442 g/mol. The van der Waals surface area contributed by atoms with Crippen molar-refractivity contribution in [3.8, 4) is 34.0 Å². The number of halogens is 1. The first-order chi connectivity index (χ1) is 15.8. The lowest BCUT2D eigenvalue weighted by Crippen LogP contribution is -1.97. The van der Waals surface area contributed by atoms with E-state index in [9.17, 15) is 4.39 Å². The zero-order valence-electron chi connectivity index (χ0n) is 17.0. The van der Waals surface area contributed by atoms with E-state index >= 15 is 0 Å². The van der Waals surface area contributed by atoms with Crippen LogP contribution in [0.5, 0.6) is 0 Å². The summed E-state index contributed by atoms with van der Waals surface area (Å²) in [6.45, 7) is 0.950. The molecule has 6 nitrogen and oxygen atoms in total. The molecule has 0 spiro atoms. The summed E-state index contributed by atoms with van der Waals surface area (Å²) in [7, 11) is 0. The zero-order chi connectivity index (χ0) is 21.8. The highest BCUT2D eigenvalue weighted by Gasteiger charge is 2.23. The molecule has 1 aromatic carbocycles. The topological polar surface area (TPSA) is 72.3 Å². The maximum Gasteiger partial charge on any atom is 0.169 e. The van der Waals surface area contributed by atoms with E-state index in [1.807, 2.05) is 30.3 Å². The first-order valence-corrected chi connectivity index (χ1v) is 11.1. The molecule has 0 fully saturated rings. The summed E-state index contributed by atoms with van der Waals surface area (Å²) in [6.07, 6.45) is 8.81. The third-order valence-electron chi connectivity index (χ3n) is 4.96. The number of pyridine rings is 2. The standard InChI is InChI=1S/C16H12FN3S.C8H7N3/c17-13-3-1-11(2-4-13)14-15(12-5-7-18-8-6-12)20-9-10-21-16(20)19-14;1-2-4-9-7(3-1)8-10-5-6-11-8/h1-8H,9-10H2;1-6H,(H,10,11). The first-order valence-electron chi connectivity index (χ1n) is 10.1. The van der Waals surface area contributed by atoms with Gasteiger partial charge in [0.15, 0.2) is 11.0 Å². The van der Waals surface area contributed by atoms with Gasteiger partial charge in [-0.15, -0.1) is 0 Å². The molecule has 32 heavy (non-hydrogen) atoms. The van der Waals surface area contributed by atoms with Crippen LogP contribution in [0.2, 0.25) is 0 Å². The van der Waals surface area contributed by atoms with E-state index in [0.29, 0.717) is 0 Å². The summed E-state index contributed by atoms with van der Waals surface area (Å²) < 4.78 is 15.4. The third kappa shape index (κ3) is 4.17. The molecule has 8 heteroatoms. The number of aromatic amines is 1. The van der Waals surface area contributed by atoms with Crippen molar-refractivity contribution in [3.63, 3.8) is 0 Å². The molecule has 0 atom stereocenters. The Morgan fingerprint density at radius 2 is 1.72 bits per heavy atom. The van der Waals surface area contributed by atoms with Gasteiger partial charge in [-0.25, -0.2) is 14.4 Å². The van der Waals surface area contributed by atoms with Crippen LogP contribution in [0.15, 0.2) is 90.7 Å². The molecule has 6 rings (SSSR count). The predicted molar refractivity (Wildman–Crippen MR) is 123 cm³/mol. The minimum Gasteiger partial charge on any atom is -0.343 e. The minimum absolute atomic E-state index is 0.231. The van der Waals surface area contributed by atoms with Crippen LogP contribution < -0.4 is 0 Å². The Kier molecular flexibility index (Phi) is 5.76. The second-order valence-electron chi connectivity index (χ2n) is 6.99. The number of nitrogens with zero attached hydrogens (tertiary/aromatic N) is 5. The highest BCUT2D eigenvalue weighted by molar-refractivity contribution is 7.99. The number of fused-ring (bicyclic) bond motifs is 1. The lowest BCUT2D eigenvalue weighted by atomic mass is 10.1. The molecule has 0 unspecified atom stereocenters. The van der Waals surface area contributed by atoms with E-state index in [2.05, 4.69) is 24.5 Å². The van der Waals surface area contributed by atoms with Gasteiger partial charge in [-0.2, -0.15) is 0 Å². The minimum atomic E-state index is -0.231. The van der Waals surface area contributed by atoms with Crippen molar-refractivity contribution >= 4 is 11.8 Å². The molecule has 4 aromatic heterocycles. The smallest absolute Gasteiger partial charge is 0.169 e. The van der Waals surface area contributed by atoms with Crippen LogP contribution in [0.1, 0.15) is 0 Å². The fourth-order valence-electron chi connectivity index (χ4n) is 3.50. The van der Waals surface area contributed by atoms with Gasteiger partial charge in [0.2, 0.25) is 0 Å². The Hall–Kier alpha value is -3.78. The summed E-state index contributed by atoms with van der Waals surface area (Å²) in [5, 5.41) is 1.03. The fraction of sp³-hybridized carbons (Fsp3) is 0.0833. The van der Waals surface area contributed by atoms with Gasteiger partial charge in [-0.1, -0.05) is 17.8 Å². The van der Waals surface area contributed by atoms with E-state index in [0.717, 1.165) is 51.5 Å². The van der Waals surface area contributed by atoms with Crippen molar-refractivity contribution < 1.29 is 4.39 Å². The Labute approximate surface area is 188 Å². The molecule has 0 aliphatic carbocycles. The quantitative estimate of drug-likeness (QED) is 0.409. The van der Waals surface area contributed by atoms with E-state index in [4.69, 9.17) is 4.98 Å². The summed E-state index contributed by atoms with van der Waals surface area (Å²) >= 11 is 1.76. The number of H-pyrrole nitrogens is 1. The van der Waals surface area contributed by atoms with Crippen LogP contribution >= 0.6 is 11.8 Å². The Morgan fingerprint density at radius 1 is 0.875 bits per heavy atom. The van der Waals surface area contributed by atoms with Crippen molar-refractivity contribution in [2.24, 2.45) is 0 Å². The average Bonchev–Trinajstić information content (AvgIpc) is 3.59. The SMILES string of the molecule is Fc1ccc(-c2nc3n(c2-c2ccncc2)CCS3)cc1.c1ccc(-c2ncc[nH]2)nc1. The second-order valence-corrected chi connectivity index (χ2v) is 8.05. The molecule has 1 aliphatic rings. The molecule has 5 heterocycles. The van der Waals surface area contributed by atoms with Crippen LogP contribution in [-0.4, -0.2) is 35.2 Å². The summed E-state index contributed by atoms with van der Waals surface area (Å²) in [5.41, 5.74) is 4.89. The number of nitrogens with one attached hydrogen (secondary N) is 1. The van der Waals surface area contributed by atoms with Crippen molar-refractivity contribution in [2.75, 3.05) is 5.75 Å². The molecule has 0 amide bonds. The zero-order valence-corrected chi connectivity index (χ0v) is 17.8. The van der Waals surface area contributed by atoms with E-state index in [-0.39, 0.29) is 5.82 Å². The van der Waals surface area contributed by atoms with Gasteiger partial charge in [0.05, 0.1) is 11.4 Å². The molecule has 158 valence electrons. The van der Waals surface area contributed by atoms with Gasteiger partial charge in [0.1, 0.15) is 11.5 Å². The number of thioether (sulfide) groups is 1. The third-order valence-corrected chi connectivity index (χ3v) is 5.91. The van der Waals surface area contributed by atoms with Crippen LogP contribution in [0, 0.1) is 5.82 Å². The van der Waals surface area contributed by atoms with Gasteiger partial charge < -0.3 is 9.55 Å². The number of imidazole rings is 2. The molecule has 0 saturated heterocycles. The van der Waals surface area contributed by atoms with Crippen LogP contribution in [-0.2, 0) is 6.54 Å². The van der Waals surface area contributed by atoms with Crippen LogP contribution in [0.4, 0.5) is 4.39 Å². The van der Waals surface area contributed by atoms with Crippen molar-refractivity contribution in [1.82, 2.24) is 29.5 Å². The first kappa shape index (κ1) is 20.1. The largest absolute Gasteiger partial charge is 0.343 e. The maximum atomic E-state index is 13.1. The van der Waals surface area contributed by atoms with Gasteiger partial charge in [-0.05, 0) is 48.5 Å². The van der Waals surface area contributed by atoms with E-state index < -0.39 is 0 Å². The normalized spacial score (nSPS) is 12.2. The number of aromatic nitrogens is 6. The Morgan fingerprint density at radius 3 is 2.44 bits per heavy atom. The summed E-state index contributed by atoms with van der Waals surface area (Å²) in [5.74, 6) is 1.63. The van der Waals surface area contributed by atoms with Gasteiger partial charge in [-0.3, -0.25) is 9.97 Å². The number of rotatable bonds is 3. The number of benzene rings is 1. The Bertz CT molecular complexity index is 1290. The van der Waals surface area contributed by atoms with E-state index in [1.54, 1.807) is 54.9 Å². The van der Waals surface area contributed by atoms with Gasteiger partial charge in [0, 0.05) is 54.4 Å². The number of hydrogen-bond acceptors (Lipinski definition) is 5. The highest BCUT2D eigenvalue weighted by Crippen LogP contribution is 2.38. The molecule has 5 aromatic rings. The molecular formula is C24H19FN6S. The Balaban J connectivity index is 0.000000165. The van der Waals surface area contributed by atoms with Crippen molar-refractivity contribution in [2.45, 2.75) is 11.7 Å². The van der Waals surface area contributed by atoms with Gasteiger partial charge in [0.25, 0.3) is 0 Å². The van der Waals surface area contributed by atoms with Gasteiger partial charge >= 0.3 is 0 Å². The lowest BCUT2D eigenvalue weighted by Gasteiger charge is -2.07. The molecule has 0 bridgehead atoms. The second kappa shape index (κ2) is 9.15. The average molecular weight is 443 g/mol.